The Hall–Kier alpha value is -1.84. The average molecular weight is 289 g/mol. The van der Waals surface area contributed by atoms with Gasteiger partial charge in [-0.2, -0.15) is 0 Å². The molecule has 2 rings (SSSR count). The number of hydrogen-bond acceptors (Lipinski definition) is 2. The van der Waals surface area contributed by atoms with E-state index >= 15 is 0 Å². The van der Waals surface area contributed by atoms with Crippen molar-refractivity contribution in [2.24, 2.45) is 0 Å². The first-order chi connectivity index (χ1) is 9.99. The van der Waals surface area contributed by atoms with Crippen molar-refractivity contribution in [2.75, 3.05) is 6.54 Å². The number of carbonyl (C=O) groups is 2. The molecule has 0 aromatic heterocycles. The van der Waals surface area contributed by atoms with E-state index in [1.165, 1.54) is 0 Å². The van der Waals surface area contributed by atoms with Crippen LogP contribution in [0.5, 0.6) is 0 Å². The molecular formula is C17H23NO3. The highest BCUT2D eigenvalue weighted by atomic mass is 16.4. The van der Waals surface area contributed by atoms with Gasteiger partial charge in [0.1, 0.15) is 0 Å². The van der Waals surface area contributed by atoms with Crippen LogP contribution in [-0.2, 0) is 15.0 Å². The van der Waals surface area contributed by atoms with Crippen LogP contribution >= 0.6 is 0 Å². The largest absolute Gasteiger partial charge is 0.481 e. The summed E-state index contributed by atoms with van der Waals surface area (Å²) in [5.74, 6) is -0.998. The Kier molecular flexibility index (Phi) is 4.66. The van der Waals surface area contributed by atoms with Crippen molar-refractivity contribution in [1.82, 2.24) is 4.90 Å². The summed E-state index contributed by atoms with van der Waals surface area (Å²) in [5, 5.41) is 9.63. The number of benzene rings is 1. The Morgan fingerprint density at radius 2 is 2.00 bits per heavy atom. The second-order valence-corrected chi connectivity index (χ2v) is 5.97. The molecule has 1 aromatic rings. The van der Waals surface area contributed by atoms with E-state index in [9.17, 15) is 14.7 Å². The smallest absolute Gasteiger partial charge is 0.314 e. The van der Waals surface area contributed by atoms with Gasteiger partial charge in [-0.3, -0.25) is 9.59 Å². The van der Waals surface area contributed by atoms with Gasteiger partial charge in [-0.1, -0.05) is 37.3 Å². The second kappa shape index (κ2) is 6.29. The lowest BCUT2D eigenvalue weighted by Crippen LogP contribution is -2.42. The third-order valence-electron chi connectivity index (χ3n) is 4.56. The summed E-state index contributed by atoms with van der Waals surface area (Å²) >= 11 is 0. The lowest BCUT2D eigenvalue weighted by atomic mass is 9.79. The highest BCUT2D eigenvalue weighted by Gasteiger charge is 2.40. The molecule has 0 bridgehead atoms. The molecule has 0 aliphatic carbocycles. The lowest BCUT2D eigenvalue weighted by Gasteiger charge is -2.30. The van der Waals surface area contributed by atoms with E-state index in [2.05, 4.69) is 6.92 Å². The number of carbonyl (C=O) groups excluding carboxylic acids is 1. The van der Waals surface area contributed by atoms with E-state index in [0.717, 1.165) is 25.8 Å². The minimum atomic E-state index is -1.17. The Morgan fingerprint density at radius 1 is 1.33 bits per heavy atom. The fraction of sp³-hybridized carbons (Fsp3) is 0.529. The number of likely N-dealkylation sites (tertiary alicyclic amines) is 1. The van der Waals surface area contributed by atoms with Gasteiger partial charge in [-0.25, -0.2) is 0 Å². The minimum Gasteiger partial charge on any atom is -0.481 e. The van der Waals surface area contributed by atoms with Crippen molar-refractivity contribution in [2.45, 2.75) is 51.0 Å². The minimum absolute atomic E-state index is 0.0167. The number of aliphatic carboxylic acids is 1. The molecule has 4 nitrogen and oxygen atoms in total. The first-order valence-corrected chi connectivity index (χ1v) is 7.57. The van der Waals surface area contributed by atoms with Crippen LogP contribution in [0.3, 0.4) is 0 Å². The first kappa shape index (κ1) is 15.5. The number of carboxylic acids is 1. The summed E-state index contributed by atoms with van der Waals surface area (Å²) in [7, 11) is 0. The number of amides is 1. The summed E-state index contributed by atoms with van der Waals surface area (Å²) in [6, 6.07) is 9.30. The van der Waals surface area contributed by atoms with Gasteiger partial charge in [0.05, 0.1) is 5.41 Å². The van der Waals surface area contributed by atoms with Crippen LogP contribution in [0.2, 0.25) is 0 Å². The maximum absolute atomic E-state index is 12.6. The highest BCUT2D eigenvalue weighted by Crippen LogP contribution is 2.31. The zero-order valence-corrected chi connectivity index (χ0v) is 12.7. The van der Waals surface area contributed by atoms with Gasteiger partial charge in [-0.15, -0.1) is 0 Å². The molecule has 1 aliphatic rings. The molecular weight excluding hydrogens is 266 g/mol. The zero-order chi connectivity index (χ0) is 15.5. The van der Waals surface area contributed by atoms with E-state index in [4.69, 9.17) is 0 Å². The van der Waals surface area contributed by atoms with Crippen molar-refractivity contribution in [3.05, 3.63) is 35.9 Å². The Morgan fingerprint density at radius 3 is 2.57 bits per heavy atom. The highest BCUT2D eigenvalue weighted by molar-refractivity contribution is 5.89. The fourth-order valence-corrected chi connectivity index (χ4v) is 3.10. The van der Waals surface area contributed by atoms with Crippen molar-refractivity contribution in [1.29, 1.82) is 0 Å². The molecule has 0 saturated carbocycles. The van der Waals surface area contributed by atoms with Gasteiger partial charge in [-0.05, 0) is 31.7 Å². The van der Waals surface area contributed by atoms with Crippen LogP contribution in [-0.4, -0.2) is 34.5 Å². The van der Waals surface area contributed by atoms with Crippen LogP contribution < -0.4 is 0 Å². The average Bonchev–Trinajstić information content (AvgIpc) is 2.96. The molecule has 1 heterocycles. The second-order valence-electron chi connectivity index (χ2n) is 5.97. The fourth-order valence-electron chi connectivity index (χ4n) is 3.10. The van der Waals surface area contributed by atoms with E-state index in [0.29, 0.717) is 5.56 Å². The van der Waals surface area contributed by atoms with Gasteiger partial charge in [0.25, 0.3) is 0 Å². The Bertz CT molecular complexity index is 514. The summed E-state index contributed by atoms with van der Waals surface area (Å²) in [5.41, 5.74) is -0.489. The molecule has 1 saturated heterocycles. The molecule has 1 fully saturated rings. The van der Waals surface area contributed by atoms with Crippen LogP contribution in [0.1, 0.15) is 45.1 Å². The van der Waals surface area contributed by atoms with E-state index in [1.54, 1.807) is 19.1 Å². The quantitative estimate of drug-likeness (QED) is 0.906. The van der Waals surface area contributed by atoms with Gasteiger partial charge in [0.15, 0.2) is 0 Å². The van der Waals surface area contributed by atoms with Gasteiger partial charge >= 0.3 is 5.97 Å². The maximum atomic E-state index is 12.6. The van der Waals surface area contributed by atoms with E-state index in [1.807, 2.05) is 23.1 Å². The normalized spacial score (nSPS) is 21.0. The number of nitrogens with zero attached hydrogens (tertiary/aromatic N) is 1. The summed E-state index contributed by atoms with van der Waals surface area (Å²) in [6.07, 6.45) is 2.99. The summed E-state index contributed by atoms with van der Waals surface area (Å²) in [4.78, 5) is 26.2. The number of rotatable bonds is 5. The first-order valence-electron chi connectivity index (χ1n) is 7.57. The monoisotopic (exact) mass is 289 g/mol. The Labute approximate surface area is 125 Å². The molecule has 2 atom stereocenters. The van der Waals surface area contributed by atoms with E-state index in [-0.39, 0.29) is 18.4 Å². The van der Waals surface area contributed by atoms with Crippen LogP contribution in [0, 0.1) is 0 Å². The third-order valence-corrected chi connectivity index (χ3v) is 4.56. The SMILES string of the molecule is CCC1CCCN1C(=O)CC(C)(C(=O)O)c1ccccc1. The summed E-state index contributed by atoms with van der Waals surface area (Å²) < 4.78 is 0. The topological polar surface area (TPSA) is 57.6 Å². The van der Waals surface area contributed by atoms with Crippen molar-refractivity contribution >= 4 is 11.9 Å². The summed E-state index contributed by atoms with van der Waals surface area (Å²) in [6.45, 7) is 4.46. The lowest BCUT2D eigenvalue weighted by molar-refractivity contribution is -0.147. The van der Waals surface area contributed by atoms with Crippen molar-refractivity contribution < 1.29 is 14.7 Å². The standard InChI is InChI=1S/C17H23NO3/c1-3-14-10-7-11-18(14)15(19)12-17(2,16(20)21)13-8-5-4-6-9-13/h4-6,8-9,14H,3,7,10-12H2,1-2H3,(H,20,21). The molecule has 2 unspecified atom stereocenters. The third kappa shape index (κ3) is 3.09. The maximum Gasteiger partial charge on any atom is 0.314 e. The van der Waals surface area contributed by atoms with Gasteiger partial charge in [0.2, 0.25) is 5.91 Å². The molecule has 1 amide bonds. The van der Waals surface area contributed by atoms with Crippen LogP contribution in [0.4, 0.5) is 0 Å². The van der Waals surface area contributed by atoms with Gasteiger partial charge in [0, 0.05) is 19.0 Å². The number of hydrogen-bond donors (Lipinski definition) is 1. The van der Waals surface area contributed by atoms with Gasteiger partial charge < -0.3 is 10.0 Å². The predicted molar refractivity (Wildman–Crippen MR) is 81.1 cm³/mol. The number of carboxylic acid groups (broad SMARTS) is 1. The van der Waals surface area contributed by atoms with Crippen LogP contribution in [0.25, 0.3) is 0 Å². The van der Waals surface area contributed by atoms with Crippen LogP contribution in [0.15, 0.2) is 30.3 Å². The van der Waals surface area contributed by atoms with Crippen molar-refractivity contribution in [3.63, 3.8) is 0 Å². The molecule has 1 N–H and O–H groups in total. The Balaban J connectivity index is 2.21. The molecule has 21 heavy (non-hydrogen) atoms. The molecule has 114 valence electrons. The molecule has 1 aliphatic heterocycles. The van der Waals surface area contributed by atoms with Crippen molar-refractivity contribution in [3.8, 4) is 0 Å². The molecule has 0 spiro atoms. The zero-order valence-electron chi connectivity index (χ0n) is 12.7. The molecule has 4 heteroatoms. The predicted octanol–water partition coefficient (Wildman–Crippen LogP) is 2.82. The molecule has 0 radical (unpaired) electrons. The van der Waals surface area contributed by atoms with E-state index < -0.39 is 11.4 Å². The molecule has 1 aromatic carbocycles.